The third-order valence-corrected chi connectivity index (χ3v) is 7.41. The lowest BCUT2D eigenvalue weighted by atomic mass is 9.84. The quantitative estimate of drug-likeness (QED) is 0.271. The van der Waals surface area contributed by atoms with Crippen LogP contribution in [-0.2, 0) is 9.53 Å². The maximum Gasteiger partial charge on any atom is 0.330 e. The molecule has 2 aliphatic heterocycles. The Morgan fingerprint density at radius 2 is 1.66 bits per heavy atom. The van der Waals surface area contributed by atoms with E-state index in [1.54, 1.807) is 18.2 Å². The third kappa shape index (κ3) is 7.84. The Bertz CT molecular complexity index is 1090. The molecule has 38 heavy (non-hydrogen) atoms. The van der Waals surface area contributed by atoms with E-state index < -0.39 is 5.97 Å². The van der Waals surface area contributed by atoms with E-state index in [0.717, 1.165) is 49.7 Å². The number of anilines is 1. The molecule has 0 radical (unpaired) electrons. The molecule has 2 aliphatic rings. The molecular weight excluding hydrogens is 478 g/mol. The summed E-state index contributed by atoms with van der Waals surface area (Å²) in [6, 6.07) is 15.6. The van der Waals surface area contributed by atoms with Gasteiger partial charge in [-0.05, 0) is 79.3 Å². The summed E-state index contributed by atoms with van der Waals surface area (Å²) >= 11 is 0. The van der Waals surface area contributed by atoms with Gasteiger partial charge < -0.3 is 24.2 Å². The predicted molar refractivity (Wildman–Crippen MR) is 152 cm³/mol. The Labute approximate surface area is 227 Å². The Hall–Kier alpha value is -3.32. The van der Waals surface area contributed by atoms with E-state index in [9.17, 15) is 9.59 Å². The lowest BCUT2D eigenvalue weighted by Gasteiger charge is -2.38. The van der Waals surface area contributed by atoms with Crippen molar-refractivity contribution in [1.82, 2.24) is 9.80 Å². The number of ether oxygens (including phenoxy) is 2. The molecule has 0 atom stereocenters. The monoisotopic (exact) mass is 519 g/mol. The van der Waals surface area contributed by atoms with E-state index in [1.165, 1.54) is 39.1 Å². The van der Waals surface area contributed by atoms with E-state index in [4.69, 9.17) is 4.74 Å². The number of esters is 1. The molecule has 2 aromatic carbocycles. The molecule has 2 saturated heterocycles. The van der Waals surface area contributed by atoms with Crippen LogP contribution in [0.4, 0.5) is 5.69 Å². The summed E-state index contributed by atoms with van der Waals surface area (Å²) in [5.74, 6) is 0.536. The number of likely N-dealkylation sites (tertiary alicyclic amines) is 1. The highest BCUT2D eigenvalue weighted by atomic mass is 16.5. The van der Waals surface area contributed by atoms with Crippen molar-refractivity contribution < 1.29 is 19.1 Å². The number of carbonyl (C=O) groups excluding carboxylic acids is 2. The highest BCUT2D eigenvalue weighted by molar-refractivity contribution is 5.94. The highest BCUT2D eigenvalue weighted by Crippen LogP contribution is 2.28. The standard InChI is InChI=1S/C31H41N3O4/c1-31(2)16-4-17-32(24-31)18-5-23-38-28-13-11-27(12-14-28)33-19-21-34(22-20-33)30(36)26-9-6-25(7-10-26)8-15-29(35)37-3/h6-15H,4-5,16-24H2,1-3H3. The first kappa shape index (κ1) is 27.7. The fourth-order valence-electron chi connectivity index (χ4n) is 5.29. The first-order chi connectivity index (χ1) is 18.3. The van der Waals surface area contributed by atoms with Crippen molar-refractivity contribution in [2.45, 2.75) is 33.1 Å². The predicted octanol–water partition coefficient (Wildman–Crippen LogP) is 4.73. The van der Waals surface area contributed by atoms with Gasteiger partial charge in [0.1, 0.15) is 5.75 Å². The number of carbonyl (C=O) groups is 2. The summed E-state index contributed by atoms with van der Waals surface area (Å²) in [6.07, 6.45) is 6.70. The average Bonchev–Trinajstić information content (AvgIpc) is 2.94. The summed E-state index contributed by atoms with van der Waals surface area (Å²) in [6.45, 7) is 11.9. The molecule has 204 valence electrons. The second-order valence-electron chi connectivity index (χ2n) is 11.0. The minimum atomic E-state index is -0.405. The lowest BCUT2D eigenvalue weighted by Crippen LogP contribution is -2.48. The van der Waals surface area contributed by atoms with Crippen LogP contribution in [-0.4, -0.2) is 81.2 Å². The Morgan fingerprint density at radius 3 is 2.32 bits per heavy atom. The lowest BCUT2D eigenvalue weighted by molar-refractivity contribution is -0.134. The van der Waals surface area contributed by atoms with Gasteiger partial charge in [0.2, 0.25) is 0 Å². The van der Waals surface area contributed by atoms with Gasteiger partial charge in [-0.1, -0.05) is 26.0 Å². The van der Waals surface area contributed by atoms with Gasteiger partial charge in [-0.3, -0.25) is 4.79 Å². The molecule has 0 saturated carbocycles. The molecule has 2 heterocycles. The number of piperidine rings is 1. The van der Waals surface area contributed by atoms with Gasteiger partial charge >= 0.3 is 5.97 Å². The average molecular weight is 520 g/mol. The third-order valence-electron chi connectivity index (χ3n) is 7.41. The van der Waals surface area contributed by atoms with Crippen molar-refractivity contribution in [3.8, 4) is 5.75 Å². The molecule has 0 N–H and O–H groups in total. The molecule has 1 amide bonds. The minimum absolute atomic E-state index is 0.0324. The molecule has 7 nitrogen and oxygen atoms in total. The van der Waals surface area contributed by atoms with Gasteiger partial charge in [0.05, 0.1) is 13.7 Å². The molecule has 0 aromatic heterocycles. The second kappa shape index (κ2) is 13.0. The molecular formula is C31H41N3O4. The van der Waals surface area contributed by atoms with Crippen LogP contribution in [0.5, 0.6) is 5.75 Å². The maximum atomic E-state index is 13.0. The number of benzene rings is 2. The second-order valence-corrected chi connectivity index (χ2v) is 11.0. The van der Waals surface area contributed by atoms with Gasteiger partial charge in [0.15, 0.2) is 0 Å². The first-order valence-electron chi connectivity index (χ1n) is 13.7. The van der Waals surface area contributed by atoms with E-state index >= 15 is 0 Å². The zero-order valence-electron chi connectivity index (χ0n) is 23.0. The van der Waals surface area contributed by atoms with Crippen LogP contribution >= 0.6 is 0 Å². The molecule has 2 fully saturated rings. The van der Waals surface area contributed by atoms with Crippen LogP contribution in [0, 0.1) is 5.41 Å². The number of rotatable bonds is 9. The molecule has 4 rings (SSSR count). The number of amides is 1. The summed E-state index contributed by atoms with van der Waals surface area (Å²) in [5, 5.41) is 0. The number of piperazine rings is 1. The van der Waals surface area contributed by atoms with E-state index in [1.807, 2.05) is 29.2 Å². The zero-order chi connectivity index (χ0) is 27.0. The summed E-state index contributed by atoms with van der Waals surface area (Å²) in [4.78, 5) is 31.0. The number of nitrogens with zero attached hydrogens (tertiary/aromatic N) is 3. The summed E-state index contributed by atoms with van der Waals surface area (Å²) < 4.78 is 10.6. The number of hydrogen-bond donors (Lipinski definition) is 0. The topological polar surface area (TPSA) is 62.3 Å². The van der Waals surface area contributed by atoms with Crippen LogP contribution in [0.2, 0.25) is 0 Å². The van der Waals surface area contributed by atoms with E-state index in [-0.39, 0.29) is 5.91 Å². The molecule has 0 spiro atoms. The van der Waals surface area contributed by atoms with Crippen LogP contribution in [0.3, 0.4) is 0 Å². The van der Waals surface area contributed by atoms with Gasteiger partial charge in [-0.15, -0.1) is 0 Å². The number of hydrogen-bond acceptors (Lipinski definition) is 6. The van der Waals surface area contributed by atoms with Crippen molar-refractivity contribution in [2.24, 2.45) is 5.41 Å². The molecule has 2 aromatic rings. The van der Waals surface area contributed by atoms with Crippen LogP contribution in [0.25, 0.3) is 6.08 Å². The first-order valence-corrected chi connectivity index (χ1v) is 13.7. The normalized spacial score (nSPS) is 18.0. The summed E-state index contributed by atoms with van der Waals surface area (Å²) in [7, 11) is 1.34. The van der Waals surface area contributed by atoms with Gasteiger partial charge in [0, 0.05) is 56.6 Å². The fraction of sp³-hybridized carbons (Fsp3) is 0.484. The van der Waals surface area contributed by atoms with Crippen molar-refractivity contribution in [1.29, 1.82) is 0 Å². The van der Waals surface area contributed by atoms with Gasteiger partial charge in [-0.2, -0.15) is 0 Å². The van der Waals surface area contributed by atoms with Crippen LogP contribution in [0.1, 0.15) is 49.0 Å². The van der Waals surface area contributed by atoms with E-state index in [0.29, 0.717) is 24.1 Å². The molecule has 7 heteroatoms. The molecule has 0 unspecified atom stereocenters. The zero-order valence-corrected chi connectivity index (χ0v) is 23.0. The van der Waals surface area contributed by atoms with Gasteiger partial charge in [0.25, 0.3) is 5.91 Å². The van der Waals surface area contributed by atoms with E-state index in [2.05, 4.69) is 40.5 Å². The van der Waals surface area contributed by atoms with Crippen molar-refractivity contribution in [3.05, 3.63) is 65.7 Å². The molecule has 0 bridgehead atoms. The fourth-order valence-corrected chi connectivity index (χ4v) is 5.29. The smallest absolute Gasteiger partial charge is 0.330 e. The van der Waals surface area contributed by atoms with Crippen molar-refractivity contribution in [3.63, 3.8) is 0 Å². The SMILES string of the molecule is COC(=O)C=Cc1ccc(C(=O)N2CCN(c3ccc(OCCCN4CCCC(C)(C)C4)cc3)CC2)cc1. The number of methoxy groups -OCH3 is 1. The van der Waals surface area contributed by atoms with Crippen LogP contribution < -0.4 is 9.64 Å². The summed E-state index contributed by atoms with van der Waals surface area (Å²) in [5.41, 5.74) is 3.08. The Kier molecular flexibility index (Phi) is 9.45. The minimum Gasteiger partial charge on any atom is -0.494 e. The maximum absolute atomic E-state index is 13.0. The van der Waals surface area contributed by atoms with Crippen molar-refractivity contribution >= 4 is 23.6 Å². The van der Waals surface area contributed by atoms with Gasteiger partial charge in [-0.25, -0.2) is 4.79 Å². The van der Waals surface area contributed by atoms with Crippen molar-refractivity contribution in [2.75, 3.05) is 64.4 Å². The highest BCUT2D eigenvalue weighted by Gasteiger charge is 2.26. The largest absolute Gasteiger partial charge is 0.494 e. The van der Waals surface area contributed by atoms with Crippen LogP contribution in [0.15, 0.2) is 54.6 Å². The molecule has 0 aliphatic carbocycles. The Morgan fingerprint density at radius 1 is 0.947 bits per heavy atom. The Balaban J connectivity index is 1.19.